The molecular formula is C16H30BN5O5S. The van der Waals surface area contributed by atoms with E-state index in [1.807, 2.05) is 11.9 Å². The van der Waals surface area contributed by atoms with Gasteiger partial charge in [0.2, 0.25) is 0 Å². The lowest BCUT2D eigenvalue weighted by atomic mass is 10.0. The van der Waals surface area contributed by atoms with E-state index in [4.69, 9.17) is 22.1 Å². The summed E-state index contributed by atoms with van der Waals surface area (Å²) in [5, 5.41) is 11.2. The summed E-state index contributed by atoms with van der Waals surface area (Å²) >= 11 is 0. The van der Waals surface area contributed by atoms with Gasteiger partial charge in [0.15, 0.2) is 9.84 Å². The van der Waals surface area contributed by atoms with Crippen LogP contribution in [0.4, 0.5) is 0 Å². The van der Waals surface area contributed by atoms with Crippen LogP contribution in [0.15, 0.2) is 0 Å². The lowest BCUT2D eigenvalue weighted by molar-refractivity contribution is 0.0136. The zero-order chi connectivity index (χ0) is 20.2. The molecule has 1 fully saturated rings. The third-order valence-corrected chi connectivity index (χ3v) is 5.95. The van der Waals surface area contributed by atoms with E-state index in [0.29, 0.717) is 77.1 Å². The standard InChI is InChI=1S/C16H30BN5O5S/c1-18-2-6-25-8-10-27-11-9-26-7-3-22-16(17)15(19-20-22)14-21-4-12-28(23,24)13-5-21/h18H,2-14H2,1H3. The molecule has 0 unspecified atom stereocenters. The van der Waals surface area contributed by atoms with Crippen LogP contribution < -0.4 is 10.9 Å². The van der Waals surface area contributed by atoms with Crippen molar-refractivity contribution in [2.24, 2.45) is 0 Å². The average molecular weight is 415 g/mol. The Labute approximate surface area is 168 Å². The van der Waals surface area contributed by atoms with Crippen LogP contribution in [0.5, 0.6) is 0 Å². The van der Waals surface area contributed by atoms with Gasteiger partial charge in [0.1, 0.15) is 7.85 Å². The first-order valence-electron chi connectivity index (χ1n) is 9.50. The van der Waals surface area contributed by atoms with Crippen LogP contribution in [0.1, 0.15) is 5.69 Å². The highest BCUT2D eigenvalue weighted by Crippen LogP contribution is 2.06. The van der Waals surface area contributed by atoms with Gasteiger partial charge in [0, 0.05) is 31.8 Å². The van der Waals surface area contributed by atoms with Crippen LogP contribution in [0.3, 0.4) is 0 Å². The summed E-state index contributed by atoms with van der Waals surface area (Å²) in [5.41, 5.74) is 1.16. The van der Waals surface area contributed by atoms with Gasteiger partial charge in [-0.3, -0.25) is 9.58 Å². The highest BCUT2D eigenvalue weighted by Gasteiger charge is 2.22. The molecule has 158 valence electrons. The zero-order valence-electron chi connectivity index (χ0n) is 16.5. The van der Waals surface area contributed by atoms with E-state index in [1.54, 1.807) is 4.68 Å². The molecule has 0 amide bonds. The minimum Gasteiger partial charge on any atom is -0.378 e. The summed E-state index contributed by atoms with van der Waals surface area (Å²) < 4.78 is 40.9. The average Bonchev–Trinajstić information content (AvgIpc) is 3.01. The topological polar surface area (TPSA) is 108 Å². The summed E-state index contributed by atoms with van der Waals surface area (Å²) in [6.45, 7) is 6.07. The Hall–Kier alpha value is -1.05. The van der Waals surface area contributed by atoms with E-state index in [9.17, 15) is 8.42 Å². The highest BCUT2D eigenvalue weighted by atomic mass is 32.2. The van der Waals surface area contributed by atoms with Crippen molar-refractivity contribution >= 4 is 23.3 Å². The van der Waals surface area contributed by atoms with Gasteiger partial charge in [-0.2, -0.15) is 0 Å². The van der Waals surface area contributed by atoms with Crippen molar-refractivity contribution in [1.29, 1.82) is 0 Å². The molecule has 1 aromatic heterocycles. The molecular weight excluding hydrogens is 385 g/mol. The van der Waals surface area contributed by atoms with Crippen molar-refractivity contribution in [3.05, 3.63) is 5.69 Å². The van der Waals surface area contributed by atoms with E-state index in [0.717, 1.165) is 6.54 Å². The van der Waals surface area contributed by atoms with Crippen LogP contribution in [-0.2, 0) is 37.1 Å². The lowest BCUT2D eigenvalue weighted by Gasteiger charge is -2.25. The molecule has 0 aliphatic carbocycles. The van der Waals surface area contributed by atoms with Crippen molar-refractivity contribution in [3.8, 4) is 0 Å². The van der Waals surface area contributed by atoms with Crippen LogP contribution in [0.2, 0.25) is 0 Å². The van der Waals surface area contributed by atoms with E-state index >= 15 is 0 Å². The molecule has 1 aromatic rings. The van der Waals surface area contributed by atoms with Gasteiger partial charge in [-0.15, -0.1) is 5.10 Å². The Bertz CT molecular complexity index is 658. The van der Waals surface area contributed by atoms with Gasteiger partial charge >= 0.3 is 0 Å². The highest BCUT2D eigenvalue weighted by molar-refractivity contribution is 7.91. The van der Waals surface area contributed by atoms with E-state index in [1.165, 1.54) is 0 Å². The number of hydrogen-bond acceptors (Lipinski definition) is 9. The van der Waals surface area contributed by atoms with Gasteiger partial charge < -0.3 is 19.5 Å². The second-order valence-corrected chi connectivity index (χ2v) is 8.82. The Morgan fingerprint density at radius 3 is 2.29 bits per heavy atom. The molecule has 0 saturated carbocycles. The van der Waals surface area contributed by atoms with Gasteiger partial charge in [0.25, 0.3) is 0 Å². The number of hydrogen-bond donors (Lipinski definition) is 1. The summed E-state index contributed by atoms with van der Waals surface area (Å²) in [5.74, 6) is 0.359. The Morgan fingerprint density at radius 1 is 1.04 bits per heavy atom. The third kappa shape index (κ3) is 8.54. The predicted molar refractivity (Wildman–Crippen MR) is 106 cm³/mol. The molecule has 2 rings (SSSR count). The third-order valence-electron chi connectivity index (χ3n) is 4.35. The van der Waals surface area contributed by atoms with Crippen LogP contribution in [0.25, 0.3) is 0 Å². The molecule has 1 saturated heterocycles. The second kappa shape index (κ2) is 12.5. The van der Waals surface area contributed by atoms with Crippen molar-refractivity contribution in [2.75, 3.05) is 77.8 Å². The number of likely N-dealkylation sites (N-methyl/N-ethyl adjacent to an activating group) is 1. The smallest absolute Gasteiger partial charge is 0.152 e. The molecule has 0 spiro atoms. The molecule has 0 atom stereocenters. The zero-order valence-corrected chi connectivity index (χ0v) is 17.3. The maximum atomic E-state index is 11.5. The SMILES string of the molecule is [B]c1c(CN2CCS(=O)(=O)CC2)nnn1CCOCCOCCOCCNC. The Kier molecular flexibility index (Phi) is 10.4. The lowest BCUT2D eigenvalue weighted by Crippen LogP contribution is -2.40. The van der Waals surface area contributed by atoms with Gasteiger partial charge in [0.05, 0.1) is 63.4 Å². The van der Waals surface area contributed by atoms with E-state index in [2.05, 4.69) is 15.6 Å². The number of aromatic nitrogens is 3. The predicted octanol–water partition coefficient (Wildman–Crippen LogP) is -2.43. The van der Waals surface area contributed by atoms with Gasteiger partial charge in [-0.25, -0.2) is 8.42 Å². The van der Waals surface area contributed by atoms with Crippen LogP contribution in [-0.4, -0.2) is 114 Å². The van der Waals surface area contributed by atoms with E-state index < -0.39 is 9.84 Å². The van der Waals surface area contributed by atoms with Crippen molar-refractivity contribution in [1.82, 2.24) is 25.2 Å². The summed E-state index contributed by atoms with van der Waals surface area (Å²) in [4.78, 5) is 2.03. The van der Waals surface area contributed by atoms with Crippen molar-refractivity contribution in [3.63, 3.8) is 0 Å². The first-order valence-corrected chi connectivity index (χ1v) is 11.3. The fourth-order valence-corrected chi connectivity index (χ4v) is 3.90. The summed E-state index contributed by atoms with van der Waals surface area (Å²) in [7, 11) is 5.09. The monoisotopic (exact) mass is 415 g/mol. The molecule has 2 heterocycles. The normalized spacial score (nSPS) is 17.2. The van der Waals surface area contributed by atoms with Crippen LogP contribution >= 0.6 is 0 Å². The quantitative estimate of drug-likeness (QED) is 0.262. The molecule has 10 nitrogen and oxygen atoms in total. The fourth-order valence-electron chi connectivity index (χ4n) is 2.62. The molecule has 12 heteroatoms. The van der Waals surface area contributed by atoms with Gasteiger partial charge in [-0.05, 0) is 7.05 Å². The molecule has 0 aromatic carbocycles. The number of ether oxygens (including phenoxy) is 3. The number of sulfone groups is 1. The van der Waals surface area contributed by atoms with Crippen molar-refractivity contribution in [2.45, 2.75) is 13.1 Å². The Balaban J connectivity index is 1.55. The Morgan fingerprint density at radius 2 is 1.64 bits per heavy atom. The summed E-state index contributed by atoms with van der Waals surface area (Å²) in [6.07, 6.45) is 0. The minimum absolute atomic E-state index is 0.180. The van der Waals surface area contributed by atoms with Crippen LogP contribution in [0, 0.1) is 0 Å². The summed E-state index contributed by atoms with van der Waals surface area (Å²) in [6, 6.07) is 0. The molecule has 0 bridgehead atoms. The molecule has 28 heavy (non-hydrogen) atoms. The molecule has 1 N–H and O–H groups in total. The van der Waals surface area contributed by atoms with Gasteiger partial charge in [-0.1, -0.05) is 5.21 Å². The minimum atomic E-state index is -2.89. The largest absolute Gasteiger partial charge is 0.378 e. The molecule has 1 aliphatic heterocycles. The second-order valence-electron chi connectivity index (χ2n) is 6.51. The van der Waals surface area contributed by atoms with E-state index in [-0.39, 0.29) is 11.5 Å². The number of rotatable bonds is 14. The fraction of sp³-hybridized carbons (Fsp3) is 0.875. The maximum absolute atomic E-state index is 11.5. The number of nitrogens with one attached hydrogen (secondary N) is 1. The first-order chi connectivity index (χ1) is 13.5. The number of nitrogens with zero attached hydrogens (tertiary/aromatic N) is 4. The maximum Gasteiger partial charge on any atom is 0.152 e. The van der Waals surface area contributed by atoms with Crippen molar-refractivity contribution < 1.29 is 22.6 Å². The first kappa shape index (κ1) is 23.2. The molecule has 1 aliphatic rings. The molecule has 2 radical (unpaired) electrons.